The summed E-state index contributed by atoms with van der Waals surface area (Å²) in [6.07, 6.45) is 3.75. The van der Waals surface area contributed by atoms with Crippen molar-refractivity contribution in [2.24, 2.45) is 11.8 Å². The Labute approximate surface area is 159 Å². The first-order valence-electron chi connectivity index (χ1n) is 9.38. The van der Waals surface area contributed by atoms with Crippen LogP contribution in [-0.2, 0) is 26.0 Å². The Morgan fingerprint density at radius 1 is 1.30 bits per heavy atom. The number of nitrogens with one attached hydrogen (secondary N) is 1. The molecule has 1 amide bonds. The van der Waals surface area contributed by atoms with Gasteiger partial charge in [-0.15, -0.1) is 0 Å². The molecule has 2 aliphatic rings. The first-order chi connectivity index (χ1) is 12.7. The van der Waals surface area contributed by atoms with Crippen LogP contribution in [0.1, 0.15) is 45.1 Å². The van der Waals surface area contributed by atoms with Crippen LogP contribution < -0.4 is 9.62 Å². The second-order valence-corrected chi connectivity index (χ2v) is 9.51. The minimum Gasteiger partial charge on any atom is -0.480 e. The van der Waals surface area contributed by atoms with Crippen LogP contribution in [0.2, 0.25) is 0 Å². The van der Waals surface area contributed by atoms with Crippen molar-refractivity contribution in [2.75, 3.05) is 11.4 Å². The van der Waals surface area contributed by atoms with Crippen molar-refractivity contribution in [3.8, 4) is 0 Å². The van der Waals surface area contributed by atoms with E-state index >= 15 is 0 Å². The standard InChI is InChI=1S/C19H26N2O5S/c1-12(2)10-16(19(23)24)20-27(25,26)15-6-7-17-14(11-15)8-9-21(17)18(22)13-4-3-5-13/h6-7,11-13,16,20H,3-5,8-10H2,1-2H3,(H,23,24). The number of fused-ring (bicyclic) bond motifs is 1. The molecule has 2 N–H and O–H groups in total. The third kappa shape index (κ3) is 4.16. The first-order valence-corrected chi connectivity index (χ1v) is 10.9. The van der Waals surface area contributed by atoms with Crippen molar-refractivity contribution in [1.29, 1.82) is 0 Å². The number of amides is 1. The minimum atomic E-state index is -3.95. The van der Waals surface area contributed by atoms with E-state index in [2.05, 4.69) is 4.72 Å². The second kappa shape index (κ2) is 7.59. The van der Waals surface area contributed by atoms with Crippen molar-refractivity contribution >= 4 is 27.6 Å². The molecule has 1 aromatic carbocycles. The van der Waals surface area contributed by atoms with E-state index in [1.54, 1.807) is 17.0 Å². The number of carboxylic acids is 1. The number of anilines is 1. The van der Waals surface area contributed by atoms with Crippen LogP contribution in [0.3, 0.4) is 0 Å². The first kappa shape index (κ1) is 19.8. The Hall–Kier alpha value is -1.93. The van der Waals surface area contributed by atoms with Gasteiger partial charge in [-0.1, -0.05) is 20.3 Å². The Kier molecular flexibility index (Phi) is 5.58. The number of rotatable bonds is 7. The maximum Gasteiger partial charge on any atom is 0.321 e. The predicted octanol–water partition coefficient (Wildman–Crippen LogP) is 2.15. The number of carbonyl (C=O) groups excluding carboxylic acids is 1. The van der Waals surface area contributed by atoms with Crippen molar-refractivity contribution in [2.45, 2.75) is 56.9 Å². The molecular formula is C19H26N2O5S. The molecule has 1 aliphatic heterocycles. The number of aliphatic carboxylic acids is 1. The molecule has 0 aromatic heterocycles. The summed E-state index contributed by atoms with van der Waals surface area (Å²) in [5.41, 5.74) is 1.57. The summed E-state index contributed by atoms with van der Waals surface area (Å²) in [6, 6.07) is 3.49. The van der Waals surface area contributed by atoms with E-state index in [1.807, 2.05) is 13.8 Å². The molecule has 3 rings (SSSR count). The zero-order valence-electron chi connectivity index (χ0n) is 15.6. The van der Waals surface area contributed by atoms with E-state index in [1.165, 1.54) is 6.07 Å². The normalized spacial score (nSPS) is 18.3. The van der Waals surface area contributed by atoms with E-state index in [9.17, 15) is 23.1 Å². The lowest BCUT2D eigenvalue weighted by Gasteiger charge is -2.29. The van der Waals surface area contributed by atoms with Gasteiger partial charge in [-0.05, 0) is 55.4 Å². The summed E-state index contributed by atoms with van der Waals surface area (Å²) in [7, 11) is -3.95. The van der Waals surface area contributed by atoms with Crippen LogP contribution in [-0.4, -0.2) is 38.0 Å². The van der Waals surface area contributed by atoms with Crippen molar-refractivity contribution < 1.29 is 23.1 Å². The number of carbonyl (C=O) groups is 2. The molecule has 1 aromatic rings. The number of nitrogens with zero attached hydrogens (tertiary/aromatic N) is 1. The van der Waals surface area contributed by atoms with Crippen molar-refractivity contribution in [1.82, 2.24) is 4.72 Å². The van der Waals surface area contributed by atoms with Crippen LogP contribution in [0.25, 0.3) is 0 Å². The minimum absolute atomic E-state index is 0.0363. The van der Waals surface area contributed by atoms with E-state index in [0.29, 0.717) is 13.0 Å². The summed E-state index contributed by atoms with van der Waals surface area (Å²) in [4.78, 5) is 25.7. The highest BCUT2D eigenvalue weighted by Gasteiger charge is 2.34. The zero-order valence-corrected chi connectivity index (χ0v) is 16.5. The SMILES string of the molecule is CC(C)CC(NS(=O)(=O)c1ccc2c(c1)CCN2C(=O)C1CCC1)C(=O)O. The average molecular weight is 394 g/mol. The van der Waals surface area contributed by atoms with Gasteiger partial charge < -0.3 is 10.0 Å². The molecule has 7 nitrogen and oxygen atoms in total. The Morgan fingerprint density at radius 2 is 2.00 bits per heavy atom. The van der Waals surface area contributed by atoms with E-state index in [0.717, 1.165) is 30.5 Å². The van der Waals surface area contributed by atoms with Gasteiger partial charge in [0.15, 0.2) is 0 Å². The Morgan fingerprint density at radius 3 is 2.56 bits per heavy atom. The highest BCUT2D eigenvalue weighted by atomic mass is 32.2. The number of hydrogen-bond donors (Lipinski definition) is 2. The predicted molar refractivity (Wildman–Crippen MR) is 101 cm³/mol. The van der Waals surface area contributed by atoms with Crippen molar-refractivity contribution in [3.05, 3.63) is 23.8 Å². The van der Waals surface area contributed by atoms with E-state index in [-0.39, 0.29) is 29.1 Å². The molecule has 1 saturated carbocycles. The summed E-state index contributed by atoms with van der Waals surface area (Å²) in [6.45, 7) is 4.24. The molecule has 1 aliphatic carbocycles. The fraction of sp³-hybridized carbons (Fsp3) is 0.579. The van der Waals surface area contributed by atoms with Gasteiger partial charge in [0.1, 0.15) is 6.04 Å². The third-order valence-electron chi connectivity index (χ3n) is 5.28. The fourth-order valence-corrected chi connectivity index (χ4v) is 4.83. The summed E-state index contributed by atoms with van der Waals surface area (Å²) >= 11 is 0. The maximum absolute atomic E-state index is 12.7. The van der Waals surface area contributed by atoms with Gasteiger partial charge >= 0.3 is 5.97 Å². The largest absolute Gasteiger partial charge is 0.480 e. The number of sulfonamides is 1. The van der Waals surface area contributed by atoms with Gasteiger partial charge in [0.2, 0.25) is 15.9 Å². The number of carboxylic acid groups (broad SMARTS) is 1. The lowest BCUT2D eigenvalue weighted by Crippen LogP contribution is -2.41. The molecule has 0 bridgehead atoms. The molecule has 1 unspecified atom stereocenters. The Bertz CT molecular complexity index is 846. The molecule has 1 fully saturated rings. The lowest BCUT2D eigenvalue weighted by atomic mass is 9.84. The van der Waals surface area contributed by atoms with Gasteiger partial charge in [-0.3, -0.25) is 9.59 Å². The van der Waals surface area contributed by atoms with Gasteiger partial charge in [0.25, 0.3) is 0 Å². The molecule has 27 heavy (non-hydrogen) atoms. The summed E-state index contributed by atoms with van der Waals surface area (Å²) in [5, 5.41) is 9.29. The molecular weight excluding hydrogens is 368 g/mol. The molecule has 8 heteroatoms. The van der Waals surface area contributed by atoms with Gasteiger partial charge in [0, 0.05) is 18.2 Å². The van der Waals surface area contributed by atoms with Crippen molar-refractivity contribution in [3.63, 3.8) is 0 Å². The maximum atomic E-state index is 12.7. The smallest absolute Gasteiger partial charge is 0.321 e. The molecule has 1 heterocycles. The van der Waals surface area contributed by atoms with E-state index < -0.39 is 22.0 Å². The summed E-state index contributed by atoms with van der Waals surface area (Å²) < 4.78 is 27.6. The molecule has 0 saturated heterocycles. The van der Waals surface area contributed by atoms with E-state index in [4.69, 9.17) is 0 Å². The highest BCUT2D eigenvalue weighted by molar-refractivity contribution is 7.89. The molecule has 0 spiro atoms. The molecule has 148 valence electrons. The van der Waals surface area contributed by atoms with Crippen LogP contribution in [0, 0.1) is 11.8 Å². The van der Waals surface area contributed by atoms with Crippen LogP contribution >= 0.6 is 0 Å². The highest BCUT2D eigenvalue weighted by Crippen LogP contribution is 2.35. The summed E-state index contributed by atoms with van der Waals surface area (Å²) in [5.74, 6) is -0.935. The fourth-order valence-electron chi connectivity index (χ4n) is 3.58. The third-order valence-corrected chi connectivity index (χ3v) is 6.75. The van der Waals surface area contributed by atoms with Gasteiger partial charge in [0.05, 0.1) is 4.90 Å². The lowest BCUT2D eigenvalue weighted by molar-refractivity contribution is -0.139. The van der Waals surface area contributed by atoms with Gasteiger partial charge in [-0.25, -0.2) is 8.42 Å². The number of hydrogen-bond acceptors (Lipinski definition) is 4. The Balaban J connectivity index is 1.79. The van der Waals surface area contributed by atoms with Gasteiger partial charge in [-0.2, -0.15) is 4.72 Å². The number of benzene rings is 1. The zero-order chi connectivity index (χ0) is 19.8. The van der Waals surface area contributed by atoms with Crippen LogP contribution in [0.15, 0.2) is 23.1 Å². The molecule has 1 atom stereocenters. The van der Waals surface area contributed by atoms with Crippen LogP contribution in [0.5, 0.6) is 0 Å². The molecule has 0 radical (unpaired) electrons. The topological polar surface area (TPSA) is 104 Å². The monoisotopic (exact) mass is 394 g/mol. The quantitative estimate of drug-likeness (QED) is 0.737. The second-order valence-electron chi connectivity index (χ2n) is 7.80. The average Bonchev–Trinajstić information content (AvgIpc) is 2.94. The van der Waals surface area contributed by atoms with Crippen LogP contribution in [0.4, 0.5) is 5.69 Å².